The maximum Gasteiger partial charge on any atom is 0.182 e. The van der Waals surface area contributed by atoms with Crippen LogP contribution in [0.4, 0.5) is 0 Å². The van der Waals surface area contributed by atoms with Gasteiger partial charge in [0.15, 0.2) is 5.66 Å². The summed E-state index contributed by atoms with van der Waals surface area (Å²) in [5.74, 6) is 0.535. The van der Waals surface area contributed by atoms with Crippen molar-refractivity contribution in [2.24, 2.45) is 15.7 Å². The first kappa shape index (κ1) is 13.6. The largest absolute Gasteiger partial charge is 0.382 e. The molecule has 0 spiro atoms. The molecule has 2 N–H and O–H groups in total. The van der Waals surface area contributed by atoms with Crippen molar-refractivity contribution in [3.05, 3.63) is 71.3 Å². The summed E-state index contributed by atoms with van der Waals surface area (Å²) in [4.78, 5) is 9.49. The van der Waals surface area contributed by atoms with E-state index in [2.05, 4.69) is 37.3 Å². The van der Waals surface area contributed by atoms with Crippen molar-refractivity contribution in [3.63, 3.8) is 0 Å². The maximum atomic E-state index is 6.00. The first-order chi connectivity index (χ1) is 10.1. The molecule has 1 unspecified atom stereocenters. The van der Waals surface area contributed by atoms with E-state index in [1.807, 2.05) is 31.2 Å². The van der Waals surface area contributed by atoms with Crippen molar-refractivity contribution in [1.82, 2.24) is 0 Å². The van der Waals surface area contributed by atoms with Gasteiger partial charge in [-0.25, -0.2) is 4.99 Å². The smallest absolute Gasteiger partial charge is 0.182 e. The Morgan fingerprint density at radius 1 is 0.952 bits per heavy atom. The van der Waals surface area contributed by atoms with Gasteiger partial charge in [0, 0.05) is 12.0 Å². The highest BCUT2D eigenvalue weighted by Gasteiger charge is 2.36. The molecule has 1 atom stereocenters. The fourth-order valence-electron chi connectivity index (χ4n) is 2.72. The Labute approximate surface area is 125 Å². The summed E-state index contributed by atoms with van der Waals surface area (Å²) in [5.41, 5.74) is 9.69. The molecule has 1 aliphatic rings. The molecule has 0 saturated heterocycles. The average Bonchev–Trinajstić information content (AvgIpc) is 2.76. The van der Waals surface area contributed by atoms with Gasteiger partial charge in [-0.05, 0) is 19.4 Å². The van der Waals surface area contributed by atoms with Crippen LogP contribution in [0.25, 0.3) is 0 Å². The van der Waals surface area contributed by atoms with E-state index in [1.165, 1.54) is 11.1 Å². The Hall–Kier alpha value is -2.42. The number of rotatable bonds is 3. The molecule has 2 aromatic carbocycles. The molecule has 0 amide bonds. The Morgan fingerprint density at radius 3 is 2.33 bits per heavy atom. The molecule has 3 nitrogen and oxygen atoms in total. The standard InChI is InChI=1S/C18H19N3/c1-13-7-6-10-16(11-13)18(20-14(2)17(19)21-18)12-15-8-4-3-5-9-15/h3-11H,12H2,1-2H3,(H2,19,21). The minimum atomic E-state index is -0.623. The zero-order chi connectivity index (χ0) is 14.9. The summed E-state index contributed by atoms with van der Waals surface area (Å²) >= 11 is 0. The molecule has 0 aromatic heterocycles. The van der Waals surface area contributed by atoms with E-state index in [9.17, 15) is 0 Å². The van der Waals surface area contributed by atoms with Crippen LogP contribution >= 0.6 is 0 Å². The van der Waals surface area contributed by atoms with E-state index in [0.717, 1.165) is 17.7 Å². The molecule has 21 heavy (non-hydrogen) atoms. The summed E-state index contributed by atoms with van der Waals surface area (Å²) in [6, 6.07) is 18.7. The van der Waals surface area contributed by atoms with E-state index in [1.54, 1.807) is 0 Å². The van der Waals surface area contributed by atoms with Crippen LogP contribution in [-0.4, -0.2) is 11.5 Å². The van der Waals surface area contributed by atoms with Gasteiger partial charge in [-0.15, -0.1) is 0 Å². The molecular formula is C18H19N3. The van der Waals surface area contributed by atoms with Crippen LogP contribution in [0.1, 0.15) is 23.6 Å². The summed E-state index contributed by atoms with van der Waals surface area (Å²) in [5, 5.41) is 0. The Morgan fingerprint density at radius 2 is 1.71 bits per heavy atom. The molecule has 3 heteroatoms. The molecule has 0 saturated carbocycles. The fraction of sp³-hybridized carbons (Fsp3) is 0.222. The second-order valence-electron chi connectivity index (χ2n) is 5.54. The number of aliphatic imine (C=N–C) groups is 2. The van der Waals surface area contributed by atoms with Gasteiger partial charge in [-0.1, -0.05) is 60.2 Å². The number of hydrogen-bond acceptors (Lipinski definition) is 3. The number of amidine groups is 1. The SMILES string of the molecule is CC1=NC(Cc2ccccc2)(c2cccc(C)c2)N=C1N. The molecule has 1 aliphatic heterocycles. The van der Waals surface area contributed by atoms with Crippen molar-refractivity contribution in [2.45, 2.75) is 25.9 Å². The molecule has 0 fully saturated rings. The van der Waals surface area contributed by atoms with Crippen LogP contribution < -0.4 is 5.73 Å². The lowest BCUT2D eigenvalue weighted by Gasteiger charge is -2.24. The van der Waals surface area contributed by atoms with Gasteiger partial charge in [0.2, 0.25) is 0 Å². The van der Waals surface area contributed by atoms with Gasteiger partial charge in [-0.2, -0.15) is 0 Å². The maximum absolute atomic E-state index is 6.00. The molecular weight excluding hydrogens is 258 g/mol. The molecule has 1 heterocycles. The van der Waals surface area contributed by atoms with Gasteiger partial charge in [0.25, 0.3) is 0 Å². The van der Waals surface area contributed by atoms with Crippen LogP contribution in [0.2, 0.25) is 0 Å². The third-order valence-electron chi connectivity index (χ3n) is 3.80. The highest BCUT2D eigenvalue weighted by atomic mass is 15.2. The van der Waals surface area contributed by atoms with Gasteiger partial charge < -0.3 is 5.73 Å². The van der Waals surface area contributed by atoms with E-state index in [0.29, 0.717) is 5.84 Å². The topological polar surface area (TPSA) is 50.7 Å². The third kappa shape index (κ3) is 2.59. The van der Waals surface area contributed by atoms with Crippen molar-refractivity contribution in [3.8, 4) is 0 Å². The highest BCUT2D eigenvalue weighted by molar-refractivity contribution is 6.41. The number of aryl methyl sites for hydroxylation is 1. The minimum absolute atomic E-state index is 0.535. The molecule has 0 radical (unpaired) electrons. The van der Waals surface area contributed by atoms with E-state index < -0.39 is 5.66 Å². The fourth-order valence-corrected chi connectivity index (χ4v) is 2.72. The lowest BCUT2D eigenvalue weighted by atomic mass is 9.92. The Balaban J connectivity index is 2.09. The second kappa shape index (κ2) is 5.17. The zero-order valence-electron chi connectivity index (χ0n) is 12.4. The monoisotopic (exact) mass is 277 g/mol. The Kier molecular flexibility index (Phi) is 3.34. The minimum Gasteiger partial charge on any atom is -0.382 e. The van der Waals surface area contributed by atoms with Crippen molar-refractivity contribution >= 4 is 11.5 Å². The van der Waals surface area contributed by atoms with Crippen LogP contribution in [0.15, 0.2) is 64.6 Å². The molecule has 0 aliphatic carbocycles. The second-order valence-corrected chi connectivity index (χ2v) is 5.54. The average molecular weight is 277 g/mol. The van der Waals surface area contributed by atoms with Crippen LogP contribution in [0, 0.1) is 6.92 Å². The molecule has 0 bridgehead atoms. The summed E-state index contributed by atoms with van der Waals surface area (Å²) in [7, 11) is 0. The molecule has 2 aromatic rings. The lowest BCUT2D eigenvalue weighted by molar-refractivity contribution is 0.479. The van der Waals surface area contributed by atoms with Gasteiger partial charge in [0.1, 0.15) is 5.84 Å². The molecule has 106 valence electrons. The van der Waals surface area contributed by atoms with Crippen molar-refractivity contribution < 1.29 is 0 Å². The lowest BCUT2D eigenvalue weighted by Crippen LogP contribution is -2.23. The zero-order valence-corrected chi connectivity index (χ0v) is 12.4. The van der Waals surface area contributed by atoms with E-state index >= 15 is 0 Å². The van der Waals surface area contributed by atoms with Crippen molar-refractivity contribution in [2.75, 3.05) is 0 Å². The van der Waals surface area contributed by atoms with Gasteiger partial charge >= 0.3 is 0 Å². The number of nitrogens with two attached hydrogens (primary N) is 1. The van der Waals surface area contributed by atoms with Crippen LogP contribution in [-0.2, 0) is 12.1 Å². The number of nitrogens with zero attached hydrogens (tertiary/aromatic N) is 2. The van der Waals surface area contributed by atoms with Crippen LogP contribution in [0.5, 0.6) is 0 Å². The van der Waals surface area contributed by atoms with Crippen molar-refractivity contribution in [1.29, 1.82) is 0 Å². The summed E-state index contributed by atoms with van der Waals surface area (Å²) < 4.78 is 0. The number of benzene rings is 2. The van der Waals surface area contributed by atoms with E-state index in [4.69, 9.17) is 15.7 Å². The van der Waals surface area contributed by atoms with Crippen LogP contribution in [0.3, 0.4) is 0 Å². The van der Waals surface area contributed by atoms with E-state index in [-0.39, 0.29) is 0 Å². The Bertz CT molecular complexity index is 696. The number of hydrogen-bond donors (Lipinski definition) is 1. The molecule has 3 rings (SSSR count). The highest BCUT2D eigenvalue weighted by Crippen LogP contribution is 2.35. The first-order valence-corrected chi connectivity index (χ1v) is 7.12. The normalized spacial score (nSPS) is 21.0. The third-order valence-corrected chi connectivity index (χ3v) is 3.80. The predicted molar refractivity (Wildman–Crippen MR) is 87.7 cm³/mol. The van der Waals surface area contributed by atoms with Gasteiger partial charge in [-0.3, -0.25) is 4.99 Å². The van der Waals surface area contributed by atoms with Gasteiger partial charge in [0.05, 0.1) is 5.71 Å². The quantitative estimate of drug-likeness (QED) is 0.920. The summed E-state index contributed by atoms with van der Waals surface area (Å²) in [6.45, 7) is 4.00. The summed E-state index contributed by atoms with van der Waals surface area (Å²) in [6.07, 6.45) is 0.718. The first-order valence-electron chi connectivity index (χ1n) is 7.12. The predicted octanol–water partition coefficient (Wildman–Crippen LogP) is 3.22.